The summed E-state index contributed by atoms with van der Waals surface area (Å²) in [7, 11) is 1.57. The van der Waals surface area contributed by atoms with Crippen LogP contribution in [0.5, 0.6) is 11.5 Å². The molecule has 2 rings (SSSR count). The van der Waals surface area contributed by atoms with Crippen LogP contribution in [0.2, 0.25) is 0 Å². The number of aromatic hydroxyl groups is 1. The first-order chi connectivity index (χ1) is 10.2. The molecule has 21 heavy (non-hydrogen) atoms. The number of nitrogens with zero attached hydrogens (tertiary/aromatic N) is 1. The smallest absolute Gasteiger partial charge is 0.160 e. The molecule has 1 aromatic carbocycles. The summed E-state index contributed by atoms with van der Waals surface area (Å²) < 4.78 is 10.5. The minimum atomic E-state index is 0.181. The Balaban J connectivity index is 1.72. The molecule has 5 nitrogen and oxygen atoms in total. The molecule has 0 aliphatic carbocycles. The molecule has 1 atom stereocenters. The topological polar surface area (TPSA) is 54.0 Å². The molecular weight excluding hydrogens is 268 g/mol. The molecule has 2 N–H and O–H groups in total. The Bertz CT molecular complexity index is 434. The Morgan fingerprint density at radius 1 is 1.38 bits per heavy atom. The van der Waals surface area contributed by atoms with Crippen molar-refractivity contribution in [3.05, 3.63) is 23.8 Å². The van der Waals surface area contributed by atoms with E-state index in [0.29, 0.717) is 5.75 Å². The first kappa shape index (κ1) is 16.1. The Morgan fingerprint density at radius 3 is 2.86 bits per heavy atom. The lowest BCUT2D eigenvalue weighted by Crippen LogP contribution is -2.37. The third-order valence-corrected chi connectivity index (χ3v) is 3.91. The largest absolute Gasteiger partial charge is 0.504 e. The van der Waals surface area contributed by atoms with Crippen LogP contribution in [0.1, 0.15) is 24.9 Å². The highest BCUT2D eigenvalue weighted by molar-refractivity contribution is 5.42. The van der Waals surface area contributed by atoms with Crippen LogP contribution in [0.25, 0.3) is 0 Å². The molecule has 5 heteroatoms. The van der Waals surface area contributed by atoms with Crippen molar-refractivity contribution in [2.45, 2.75) is 19.4 Å². The summed E-state index contributed by atoms with van der Waals surface area (Å²) in [6.45, 7) is 8.02. The zero-order valence-corrected chi connectivity index (χ0v) is 13.0. The number of morpholine rings is 1. The lowest BCUT2D eigenvalue weighted by molar-refractivity contribution is 0.0374. The molecule has 118 valence electrons. The molecule has 1 unspecified atom stereocenters. The normalized spacial score (nSPS) is 17.6. The van der Waals surface area contributed by atoms with Crippen LogP contribution in [0.15, 0.2) is 18.2 Å². The maximum Gasteiger partial charge on any atom is 0.160 e. The van der Waals surface area contributed by atoms with Crippen LogP contribution >= 0.6 is 0 Å². The van der Waals surface area contributed by atoms with Crippen molar-refractivity contribution in [2.75, 3.05) is 46.5 Å². The number of rotatable bonds is 7. The number of nitrogens with one attached hydrogen (secondary N) is 1. The van der Waals surface area contributed by atoms with Crippen molar-refractivity contribution >= 4 is 0 Å². The fraction of sp³-hybridized carbons (Fsp3) is 0.625. The third-order valence-electron chi connectivity index (χ3n) is 3.91. The lowest BCUT2D eigenvalue weighted by Gasteiger charge is -2.26. The van der Waals surface area contributed by atoms with Crippen LogP contribution in [-0.4, -0.2) is 56.5 Å². The van der Waals surface area contributed by atoms with Crippen LogP contribution in [0.4, 0.5) is 0 Å². The number of benzene rings is 1. The molecule has 1 aliphatic rings. The van der Waals surface area contributed by atoms with Crippen LogP contribution in [0.3, 0.4) is 0 Å². The van der Waals surface area contributed by atoms with Gasteiger partial charge in [-0.05, 0) is 44.1 Å². The van der Waals surface area contributed by atoms with Gasteiger partial charge in [0.1, 0.15) is 0 Å². The van der Waals surface area contributed by atoms with Gasteiger partial charge in [0.25, 0.3) is 0 Å². The second-order valence-electron chi connectivity index (χ2n) is 5.41. The molecule has 1 fully saturated rings. The predicted octanol–water partition coefficient (Wildman–Crippen LogP) is 1.77. The Labute approximate surface area is 126 Å². The summed E-state index contributed by atoms with van der Waals surface area (Å²) in [4.78, 5) is 2.44. The molecule has 0 spiro atoms. The van der Waals surface area contributed by atoms with Crippen LogP contribution < -0.4 is 10.1 Å². The molecule has 1 aromatic rings. The highest BCUT2D eigenvalue weighted by Gasteiger charge is 2.11. The predicted molar refractivity (Wildman–Crippen MR) is 83.0 cm³/mol. The van der Waals surface area contributed by atoms with Gasteiger partial charge in [-0.25, -0.2) is 0 Å². The van der Waals surface area contributed by atoms with Gasteiger partial charge in [0.05, 0.1) is 20.3 Å². The summed E-state index contributed by atoms with van der Waals surface area (Å²) in [5.74, 6) is 0.704. The number of methoxy groups -OCH3 is 1. The van der Waals surface area contributed by atoms with Gasteiger partial charge in [-0.1, -0.05) is 6.07 Å². The SMILES string of the molecule is COc1cc(C(C)NCCCN2CCOCC2)ccc1O. The van der Waals surface area contributed by atoms with Gasteiger partial charge in [0, 0.05) is 19.1 Å². The zero-order chi connectivity index (χ0) is 15.1. The van der Waals surface area contributed by atoms with Gasteiger partial charge in [-0.3, -0.25) is 4.90 Å². The van der Waals surface area contributed by atoms with Gasteiger partial charge >= 0.3 is 0 Å². The van der Waals surface area contributed by atoms with Crippen molar-refractivity contribution in [2.24, 2.45) is 0 Å². The number of hydrogen-bond donors (Lipinski definition) is 2. The minimum absolute atomic E-state index is 0.181. The van der Waals surface area contributed by atoms with E-state index in [4.69, 9.17) is 9.47 Å². The molecule has 1 aliphatic heterocycles. The first-order valence-corrected chi connectivity index (χ1v) is 7.61. The van der Waals surface area contributed by atoms with Crippen LogP contribution in [0, 0.1) is 0 Å². The van der Waals surface area contributed by atoms with E-state index >= 15 is 0 Å². The Hall–Kier alpha value is -1.30. The van der Waals surface area contributed by atoms with Gasteiger partial charge < -0.3 is 19.9 Å². The van der Waals surface area contributed by atoms with E-state index < -0.39 is 0 Å². The zero-order valence-electron chi connectivity index (χ0n) is 13.0. The maximum absolute atomic E-state index is 9.61. The summed E-state index contributed by atoms with van der Waals surface area (Å²) in [6, 6.07) is 5.73. The molecule has 0 saturated carbocycles. The maximum atomic E-state index is 9.61. The van der Waals surface area contributed by atoms with Crippen molar-refractivity contribution in [3.8, 4) is 11.5 Å². The van der Waals surface area contributed by atoms with Gasteiger partial charge in [0.15, 0.2) is 11.5 Å². The first-order valence-electron chi connectivity index (χ1n) is 7.61. The van der Waals surface area contributed by atoms with Crippen LogP contribution in [-0.2, 0) is 4.74 Å². The number of phenolic OH excluding ortho intramolecular Hbond substituents is 1. The quantitative estimate of drug-likeness (QED) is 0.751. The fourth-order valence-corrected chi connectivity index (χ4v) is 2.53. The Kier molecular flexibility index (Phi) is 6.29. The summed E-state index contributed by atoms with van der Waals surface area (Å²) >= 11 is 0. The van der Waals surface area contributed by atoms with E-state index in [1.54, 1.807) is 13.2 Å². The molecule has 0 bridgehead atoms. The number of phenols is 1. The van der Waals surface area contributed by atoms with E-state index in [1.807, 2.05) is 12.1 Å². The minimum Gasteiger partial charge on any atom is -0.504 e. The van der Waals surface area contributed by atoms with Crippen molar-refractivity contribution in [1.82, 2.24) is 10.2 Å². The fourth-order valence-electron chi connectivity index (χ4n) is 2.53. The van der Waals surface area contributed by atoms with E-state index in [1.165, 1.54) is 0 Å². The second kappa shape index (κ2) is 8.22. The average Bonchev–Trinajstić information content (AvgIpc) is 2.53. The molecule has 0 radical (unpaired) electrons. The Morgan fingerprint density at radius 2 is 2.14 bits per heavy atom. The number of hydrogen-bond acceptors (Lipinski definition) is 5. The van der Waals surface area contributed by atoms with E-state index in [0.717, 1.165) is 51.4 Å². The molecule has 0 aromatic heterocycles. The van der Waals surface area contributed by atoms with Gasteiger partial charge in [0.2, 0.25) is 0 Å². The monoisotopic (exact) mass is 294 g/mol. The van der Waals surface area contributed by atoms with E-state index in [-0.39, 0.29) is 11.8 Å². The molecular formula is C16H26N2O3. The summed E-state index contributed by atoms with van der Waals surface area (Å²) in [5.41, 5.74) is 1.12. The second-order valence-corrected chi connectivity index (χ2v) is 5.41. The van der Waals surface area contributed by atoms with E-state index in [2.05, 4.69) is 17.1 Å². The summed E-state index contributed by atoms with van der Waals surface area (Å²) in [5, 5.41) is 13.1. The van der Waals surface area contributed by atoms with Crippen molar-refractivity contribution < 1.29 is 14.6 Å². The average molecular weight is 294 g/mol. The van der Waals surface area contributed by atoms with Crippen molar-refractivity contribution in [1.29, 1.82) is 0 Å². The third kappa shape index (κ3) is 4.88. The van der Waals surface area contributed by atoms with E-state index in [9.17, 15) is 5.11 Å². The molecule has 0 amide bonds. The van der Waals surface area contributed by atoms with Gasteiger partial charge in [-0.2, -0.15) is 0 Å². The highest BCUT2D eigenvalue weighted by Crippen LogP contribution is 2.28. The number of ether oxygens (including phenoxy) is 2. The lowest BCUT2D eigenvalue weighted by atomic mass is 10.1. The van der Waals surface area contributed by atoms with Crippen molar-refractivity contribution in [3.63, 3.8) is 0 Å². The standard InChI is InChI=1S/C16H26N2O3/c1-13(14-4-5-15(19)16(12-14)20-2)17-6-3-7-18-8-10-21-11-9-18/h4-5,12-13,17,19H,3,6-11H2,1-2H3. The molecule has 1 saturated heterocycles. The van der Waals surface area contributed by atoms with Gasteiger partial charge in [-0.15, -0.1) is 0 Å². The summed E-state index contributed by atoms with van der Waals surface area (Å²) in [6.07, 6.45) is 1.12. The molecule has 1 heterocycles. The highest BCUT2D eigenvalue weighted by atomic mass is 16.5.